The Hall–Kier alpha value is -1.75. The highest BCUT2D eigenvalue weighted by atomic mass is 16.3. The van der Waals surface area contributed by atoms with Crippen LogP contribution in [0.15, 0.2) is 24.3 Å². The van der Waals surface area contributed by atoms with Crippen LogP contribution in [0.25, 0.3) is 0 Å². The van der Waals surface area contributed by atoms with Crippen molar-refractivity contribution in [1.82, 2.24) is 10.2 Å². The second-order valence-corrected chi connectivity index (χ2v) is 7.15. The molecule has 3 N–H and O–H groups in total. The Balaban J connectivity index is 1.81. The fraction of sp³-hybridized carbons (Fsp3) is 0.632. The van der Waals surface area contributed by atoms with E-state index in [4.69, 9.17) is 0 Å². The maximum absolute atomic E-state index is 12.3. The number of aliphatic hydroxyl groups is 1. The van der Waals surface area contributed by atoms with Crippen molar-refractivity contribution >= 4 is 11.7 Å². The highest BCUT2D eigenvalue weighted by Crippen LogP contribution is 2.24. The van der Waals surface area contributed by atoms with Gasteiger partial charge >= 0.3 is 6.03 Å². The predicted molar refractivity (Wildman–Crippen MR) is 98.0 cm³/mol. The number of aliphatic hydroxyl groups excluding tert-OH is 1. The molecule has 1 aliphatic carbocycles. The lowest BCUT2D eigenvalue weighted by Crippen LogP contribution is -2.42. The van der Waals surface area contributed by atoms with Gasteiger partial charge in [-0.15, -0.1) is 0 Å². The highest BCUT2D eigenvalue weighted by Gasteiger charge is 2.25. The van der Waals surface area contributed by atoms with Crippen LogP contribution in [0.5, 0.6) is 0 Å². The average Bonchev–Trinajstić information content (AvgIpc) is 2.54. The van der Waals surface area contributed by atoms with Crippen molar-refractivity contribution in [2.75, 3.05) is 18.9 Å². The summed E-state index contributed by atoms with van der Waals surface area (Å²) in [6.45, 7) is 5.32. The summed E-state index contributed by atoms with van der Waals surface area (Å²) in [6, 6.07) is 8.39. The van der Waals surface area contributed by atoms with E-state index in [9.17, 15) is 9.90 Å². The molecule has 0 spiro atoms. The lowest BCUT2D eigenvalue weighted by Gasteiger charge is -2.31. The summed E-state index contributed by atoms with van der Waals surface area (Å²) in [5.74, 6) is 0.202. The van der Waals surface area contributed by atoms with E-state index in [2.05, 4.69) is 30.5 Å². The smallest absolute Gasteiger partial charge is 0.317 e. The molecule has 2 amide bonds. The summed E-state index contributed by atoms with van der Waals surface area (Å²) in [7, 11) is 1.80. The lowest BCUT2D eigenvalue weighted by molar-refractivity contribution is 0.0565. The van der Waals surface area contributed by atoms with Gasteiger partial charge in [0.05, 0.1) is 6.10 Å². The number of carbonyl (C=O) groups is 1. The van der Waals surface area contributed by atoms with Crippen molar-refractivity contribution in [2.24, 2.45) is 5.92 Å². The summed E-state index contributed by atoms with van der Waals surface area (Å²) in [4.78, 5) is 14.0. The maximum atomic E-state index is 12.3. The largest absolute Gasteiger partial charge is 0.393 e. The van der Waals surface area contributed by atoms with E-state index in [1.54, 1.807) is 11.9 Å². The highest BCUT2D eigenvalue weighted by molar-refractivity contribution is 5.73. The zero-order valence-corrected chi connectivity index (χ0v) is 15.1. The number of amides is 2. The molecule has 0 heterocycles. The van der Waals surface area contributed by atoms with Gasteiger partial charge in [0, 0.05) is 37.8 Å². The van der Waals surface area contributed by atoms with Gasteiger partial charge in [-0.2, -0.15) is 0 Å². The third-order valence-corrected chi connectivity index (χ3v) is 4.55. The molecule has 0 unspecified atom stereocenters. The summed E-state index contributed by atoms with van der Waals surface area (Å²) < 4.78 is 0. The van der Waals surface area contributed by atoms with Crippen LogP contribution < -0.4 is 10.6 Å². The first-order chi connectivity index (χ1) is 11.5. The number of anilines is 1. The molecule has 0 saturated heterocycles. The zero-order valence-electron chi connectivity index (χ0n) is 15.1. The Kier molecular flexibility index (Phi) is 6.91. The Bertz CT molecular complexity index is 533. The van der Waals surface area contributed by atoms with Gasteiger partial charge in [-0.25, -0.2) is 4.79 Å². The second-order valence-electron chi connectivity index (χ2n) is 7.15. The molecular weight excluding hydrogens is 302 g/mol. The quantitative estimate of drug-likeness (QED) is 0.749. The summed E-state index contributed by atoms with van der Waals surface area (Å²) in [6.07, 6.45) is 3.83. The SMILES string of the molecule is CC(C)Nc1cccc(CNC(=O)N(C)C[C@@H]2CCCC[C@@H]2O)c1. The third-order valence-electron chi connectivity index (χ3n) is 4.55. The summed E-state index contributed by atoms with van der Waals surface area (Å²) in [5, 5.41) is 16.4. The third kappa shape index (κ3) is 5.71. The number of nitrogens with one attached hydrogen (secondary N) is 2. The molecule has 1 saturated carbocycles. The molecule has 1 aromatic rings. The van der Waals surface area contributed by atoms with Crippen LogP contribution in [0.2, 0.25) is 0 Å². The second kappa shape index (κ2) is 8.92. The molecule has 0 bridgehead atoms. The van der Waals surface area contributed by atoms with E-state index in [1.165, 1.54) is 0 Å². The fourth-order valence-corrected chi connectivity index (χ4v) is 3.25. The van der Waals surface area contributed by atoms with Crippen molar-refractivity contribution in [3.05, 3.63) is 29.8 Å². The molecular formula is C19H31N3O2. The van der Waals surface area contributed by atoms with Gasteiger partial charge in [-0.05, 0) is 44.4 Å². The molecule has 0 aliphatic heterocycles. The number of rotatable bonds is 6. The van der Waals surface area contributed by atoms with Gasteiger partial charge in [0.15, 0.2) is 0 Å². The first-order valence-corrected chi connectivity index (χ1v) is 8.98. The van der Waals surface area contributed by atoms with Crippen molar-refractivity contribution in [3.8, 4) is 0 Å². The van der Waals surface area contributed by atoms with E-state index in [1.807, 2.05) is 18.2 Å². The fourth-order valence-electron chi connectivity index (χ4n) is 3.25. The molecule has 5 heteroatoms. The normalized spacial score (nSPS) is 20.7. The summed E-state index contributed by atoms with van der Waals surface area (Å²) in [5.41, 5.74) is 2.13. The molecule has 5 nitrogen and oxygen atoms in total. The van der Waals surface area contributed by atoms with E-state index in [0.29, 0.717) is 19.1 Å². The minimum atomic E-state index is -0.271. The molecule has 2 atom stereocenters. The van der Waals surface area contributed by atoms with Crippen LogP contribution in [-0.4, -0.2) is 41.8 Å². The first-order valence-electron chi connectivity index (χ1n) is 8.98. The monoisotopic (exact) mass is 333 g/mol. The van der Waals surface area contributed by atoms with Crippen LogP contribution >= 0.6 is 0 Å². The van der Waals surface area contributed by atoms with Gasteiger partial charge in [-0.1, -0.05) is 25.0 Å². The number of urea groups is 1. The van der Waals surface area contributed by atoms with E-state index >= 15 is 0 Å². The number of nitrogens with zero attached hydrogens (tertiary/aromatic N) is 1. The van der Waals surface area contributed by atoms with Gasteiger partial charge in [-0.3, -0.25) is 0 Å². The molecule has 1 aliphatic rings. The number of benzene rings is 1. The average molecular weight is 333 g/mol. The molecule has 134 valence electrons. The van der Waals surface area contributed by atoms with E-state index < -0.39 is 0 Å². The van der Waals surface area contributed by atoms with Crippen LogP contribution in [0.1, 0.15) is 45.1 Å². The summed E-state index contributed by atoms with van der Waals surface area (Å²) >= 11 is 0. The molecule has 1 aromatic carbocycles. The minimum Gasteiger partial charge on any atom is -0.393 e. The minimum absolute atomic E-state index is 0.0880. The number of hydrogen-bond donors (Lipinski definition) is 3. The predicted octanol–water partition coefficient (Wildman–Crippen LogP) is 3.20. The molecule has 0 aromatic heterocycles. The Morgan fingerprint density at radius 1 is 1.33 bits per heavy atom. The van der Waals surface area contributed by atoms with E-state index in [0.717, 1.165) is 36.9 Å². The van der Waals surface area contributed by atoms with Crippen LogP contribution in [0.3, 0.4) is 0 Å². The molecule has 1 fully saturated rings. The van der Waals surface area contributed by atoms with Crippen molar-refractivity contribution < 1.29 is 9.90 Å². The Morgan fingerprint density at radius 3 is 2.79 bits per heavy atom. The van der Waals surface area contributed by atoms with E-state index in [-0.39, 0.29) is 18.1 Å². The number of carbonyl (C=O) groups excluding carboxylic acids is 1. The van der Waals surface area contributed by atoms with Crippen molar-refractivity contribution in [1.29, 1.82) is 0 Å². The van der Waals surface area contributed by atoms with Crippen LogP contribution in [-0.2, 0) is 6.54 Å². The van der Waals surface area contributed by atoms with Gasteiger partial charge in [0.25, 0.3) is 0 Å². The zero-order chi connectivity index (χ0) is 17.5. The first kappa shape index (κ1) is 18.6. The van der Waals surface area contributed by atoms with Crippen LogP contribution in [0, 0.1) is 5.92 Å². The molecule has 2 rings (SSSR count). The Labute approximate surface area is 145 Å². The topological polar surface area (TPSA) is 64.6 Å². The van der Waals surface area contributed by atoms with Gasteiger partial charge in [0.2, 0.25) is 0 Å². The number of hydrogen-bond acceptors (Lipinski definition) is 3. The van der Waals surface area contributed by atoms with Gasteiger partial charge < -0.3 is 20.6 Å². The molecule has 24 heavy (non-hydrogen) atoms. The van der Waals surface area contributed by atoms with Crippen LogP contribution in [0.4, 0.5) is 10.5 Å². The van der Waals surface area contributed by atoms with Gasteiger partial charge in [0.1, 0.15) is 0 Å². The maximum Gasteiger partial charge on any atom is 0.317 e. The van der Waals surface area contributed by atoms with Crippen molar-refractivity contribution in [3.63, 3.8) is 0 Å². The van der Waals surface area contributed by atoms with Crippen molar-refractivity contribution in [2.45, 2.75) is 58.2 Å². The standard InChI is InChI=1S/C19H31N3O2/c1-14(2)21-17-9-6-7-15(11-17)12-20-19(24)22(3)13-16-8-4-5-10-18(16)23/h6-7,9,11,14,16,18,21,23H,4-5,8,10,12-13H2,1-3H3,(H,20,24)/t16-,18-/m0/s1. The lowest BCUT2D eigenvalue weighted by atomic mass is 9.86. The Morgan fingerprint density at radius 2 is 2.08 bits per heavy atom. The molecule has 0 radical (unpaired) electrons.